The molecule has 0 saturated heterocycles. The van der Waals surface area contributed by atoms with Crippen molar-refractivity contribution in [2.75, 3.05) is 26.3 Å². The molecule has 0 saturated carbocycles. The molecule has 0 bridgehead atoms. The lowest BCUT2D eigenvalue weighted by Crippen LogP contribution is -2.01. The lowest BCUT2D eigenvalue weighted by Gasteiger charge is -2.09. The van der Waals surface area contributed by atoms with E-state index in [4.69, 9.17) is 20.9 Å². The van der Waals surface area contributed by atoms with Gasteiger partial charge in [-0.05, 0) is 105 Å². The number of hydrogen-bond donors (Lipinski definition) is 2. The highest BCUT2D eigenvalue weighted by Gasteiger charge is 2.19. The third-order valence-electron chi connectivity index (χ3n) is 5.06. The van der Waals surface area contributed by atoms with E-state index in [9.17, 15) is 0 Å². The third-order valence-corrected chi connectivity index (χ3v) is 5.06. The van der Waals surface area contributed by atoms with Crippen LogP contribution in [0.2, 0.25) is 0 Å². The van der Waals surface area contributed by atoms with E-state index < -0.39 is 0 Å². The summed E-state index contributed by atoms with van der Waals surface area (Å²) in [5, 5.41) is 0. The second-order valence-electron chi connectivity index (χ2n) is 7.21. The SMILES string of the molecule is NCCCCCOc1ccc2c(c1)Cc1cc(OCCCCCN)ccc1-2. The fourth-order valence-corrected chi connectivity index (χ4v) is 3.57. The fourth-order valence-electron chi connectivity index (χ4n) is 3.57. The van der Waals surface area contributed by atoms with Crippen molar-refractivity contribution in [2.24, 2.45) is 11.5 Å². The van der Waals surface area contributed by atoms with E-state index >= 15 is 0 Å². The molecule has 0 aliphatic heterocycles. The molecule has 0 atom stereocenters. The van der Waals surface area contributed by atoms with Crippen LogP contribution in [0.4, 0.5) is 0 Å². The Bertz CT molecular complexity index is 669. The van der Waals surface area contributed by atoms with Gasteiger partial charge in [-0.2, -0.15) is 0 Å². The number of benzene rings is 2. The zero-order valence-corrected chi connectivity index (χ0v) is 16.2. The molecule has 0 heterocycles. The molecule has 1 aliphatic carbocycles. The molecule has 1 aliphatic rings. The highest BCUT2D eigenvalue weighted by molar-refractivity contribution is 5.78. The van der Waals surface area contributed by atoms with Crippen LogP contribution in [0, 0.1) is 0 Å². The van der Waals surface area contributed by atoms with Crippen LogP contribution in [0.1, 0.15) is 49.7 Å². The van der Waals surface area contributed by atoms with Crippen LogP contribution in [-0.4, -0.2) is 26.3 Å². The molecule has 0 radical (unpaired) electrons. The molecular formula is C23H32N2O2. The summed E-state index contributed by atoms with van der Waals surface area (Å²) in [6.07, 6.45) is 7.45. The van der Waals surface area contributed by atoms with Crippen molar-refractivity contribution >= 4 is 0 Å². The molecular weight excluding hydrogens is 336 g/mol. The second kappa shape index (κ2) is 10.3. The Morgan fingerprint density at radius 2 is 1.11 bits per heavy atom. The summed E-state index contributed by atoms with van der Waals surface area (Å²) in [6, 6.07) is 12.9. The molecule has 2 aromatic carbocycles. The lowest BCUT2D eigenvalue weighted by atomic mass is 10.1. The van der Waals surface area contributed by atoms with Crippen molar-refractivity contribution in [3.63, 3.8) is 0 Å². The first-order valence-corrected chi connectivity index (χ1v) is 10.2. The molecule has 4 heteroatoms. The quantitative estimate of drug-likeness (QED) is 0.468. The number of rotatable bonds is 12. The molecule has 146 valence electrons. The Hall–Kier alpha value is -2.04. The zero-order chi connectivity index (χ0) is 18.9. The topological polar surface area (TPSA) is 70.5 Å². The van der Waals surface area contributed by atoms with Gasteiger partial charge in [0.25, 0.3) is 0 Å². The highest BCUT2D eigenvalue weighted by Crippen LogP contribution is 2.39. The molecule has 0 aromatic heterocycles. The van der Waals surface area contributed by atoms with Crippen molar-refractivity contribution in [2.45, 2.75) is 44.9 Å². The monoisotopic (exact) mass is 368 g/mol. The number of fused-ring (bicyclic) bond motifs is 3. The molecule has 0 fully saturated rings. The van der Waals surface area contributed by atoms with Crippen LogP contribution in [0.15, 0.2) is 36.4 Å². The predicted octanol–water partition coefficient (Wildman–Crippen LogP) is 4.27. The van der Waals surface area contributed by atoms with Crippen LogP contribution in [0.3, 0.4) is 0 Å². The van der Waals surface area contributed by atoms with Crippen molar-refractivity contribution in [1.29, 1.82) is 0 Å². The van der Waals surface area contributed by atoms with Crippen molar-refractivity contribution in [3.8, 4) is 22.6 Å². The van der Waals surface area contributed by atoms with Gasteiger partial charge in [0.15, 0.2) is 0 Å². The average molecular weight is 369 g/mol. The Morgan fingerprint density at radius 3 is 1.56 bits per heavy atom. The van der Waals surface area contributed by atoms with Crippen LogP contribution in [-0.2, 0) is 6.42 Å². The normalized spacial score (nSPS) is 11.9. The van der Waals surface area contributed by atoms with E-state index in [2.05, 4.69) is 36.4 Å². The van der Waals surface area contributed by atoms with E-state index in [1.165, 1.54) is 22.3 Å². The van der Waals surface area contributed by atoms with Gasteiger partial charge in [-0.3, -0.25) is 0 Å². The van der Waals surface area contributed by atoms with Crippen LogP contribution in [0.25, 0.3) is 11.1 Å². The van der Waals surface area contributed by atoms with Crippen LogP contribution >= 0.6 is 0 Å². The largest absolute Gasteiger partial charge is 0.494 e. The third kappa shape index (κ3) is 5.47. The lowest BCUT2D eigenvalue weighted by molar-refractivity contribution is 0.305. The van der Waals surface area contributed by atoms with Crippen LogP contribution in [0.5, 0.6) is 11.5 Å². The minimum absolute atomic E-state index is 0.758. The minimum atomic E-state index is 0.758. The Labute approximate surface area is 162 Å². The highest BCUT2D eigenvalue weighted by atomic mass is 16.5. The van der Waals surface area contributed by atoms with Crippen molar-refractivity contribution in [3.05, 3.63) is 47.5 Å². The standard InChI is InChI=1S/C23H32N2O2/c24-11-3-1-5-13-26-20-7-9-22-18(16-20)15-19-17-21(8-10-23(19)22)27-14-6-2-4-12-25/h7-10,16-17H,1-6,11-15,24-25H2. The van der Waals surface area contributed by atoms with Gasteiger partial charge in [0.1, 0.15) is 11.5 Å². The molecule has 3 rings (SSSR count). The summed E-state index contributed by atoms with van der Waals surface area (Å²) in [4.78, 5) is 0. The Balaban J connectivity index is 1.55. The van der Waals surface area contributed by atoms with Gasteiger partial charge in [-0.25, -0.2) is 0 Å². The van der Waals surface area contributed by atoms with Gasteiger partial charge < -0.3 is 20.9 Å². The summed E-state index contributed by atoms with van der Waals surface area (Å²) in [7, 11) is 0. The van der Waals surface area contributed by atoms with Gasteiger partial charge >= 0.3 is 0 Å². The van der Waals surface area contributed by atoms with E-state index in [1.807, 2.05) is 0 Å². The summed E-state index contributed by atoms with van der Waals surface area (Å²) >= 11 is 0. The van der Waals surface area contributed by atoms with Gasteiger partial charge in [-0.15, -0.1) is 0 Å². The first-order chi connectivity index (χ1) is 13.3. The van der Waals surface area contributed by atoms with Gasteiger partial charge in [0.2, 0.25) is 0 Å². The zero-order valence-electron chi connectivity index (χ0n) is 16.2. The maximum atomic E-state index is 5.91. The molecule has 4 nitrogen and oxygen atoms in total. The van der Waals surface area contributed by atoms with Gasteiger partial charge in [-0.1, -0.05) is 12.1 Å². The first kappa shape index (κ1) is 19.7. The fraction of sp³-hybridized carbons (Fsp3) is 0.478. The average Bonchev–Trinajstić information content (AvgIpc) is 3.04. The van der Waals surface area contributed by atoms with E-state index in [1.54, 1.807) is 0 Å². The van der Waals surface area contributed by atoms with Gasteiger partial charge in [0.05, 0.1) is 13.2 Å². The summed E-state index contributed by atoms with van der Waals surface area (Å²) in [5.41, 5.74) is 16.4. The van der Waals surface area contributed by atoms with E-state index in [0.29, 0.717) is 0 Å². The summed E-state index contributed by atoms with van der Waals surface area (Å²) in [5.74, 6) is 1.93. The maximum Gasteiger partial charge on any atom is 0.119 e. The molecule has 27 heavy (non-hydrogen) atoms. The van der Waals surface area contributed by atoms with Crippen molar-refractivity contribution < 1.29 is 9.47 Å². The van der Waals surface area contributed by atoms with Gasteiger partial charge in [0, 0.05) is 0 Å². The molecule has 0 unspecified atom stereocenters. The number of nitrogens with two attached hydrogens (primary N) is 2. The number of unbranched alkanes of at least 4 members (excludes halogenated alkanes) is 4. The smallest absolute Gasteiger partial charge is 0.119 e. The Kier molecular flexibility index (Phi) is 7.55. The predicted molar refractivity (Wildman–Crippen MR) is 111 cm³/mol. The first-order valence-electron chi connectivity index (χ1n) is 10.2. The molecule has 0 amide bonds. The van der Waals surface area contributed by atoms with Crippen molar-refractivity contribution in [1.82, 2.24) is 0 Å². The molecule has 4 N–H and O–H groups in total. The van der Waals surface area contributed by atoms with Crippen LogP contribution < -0.4 is 20.9 Å². The molecule has 2 aromatic rings. The number of ether oxygens (including phenoxy) is 2. The van der Waals surface area contributed by atoms with E-state index in [-0.39, 0.29) is 0 Å². The summed E-state index contributed by atoms with van der Waals surface area (Å²) in [6.45, 7) is 3.04. The second-order valence-corrected chi connectivity index (χ2v) is 7.21. The minimum Gasteiger partial charge on any atom is -0.494 e. The summed E-state index contributed by atoms with van der Waals surface area (Å²) < 4.78 is 11.8. The maximum absolute atomic E-state index is 5.91. The Morgan fingerprint density at radius 1 is 0.630 bits per heavy atom. The van der Waals surface area contributed by atoms with E-state index in [0.717, 1.165) is 82.7 Å². The molecule has 0 spiro atoms. The number of hydrogen-bond acceptors (Lipinski definition) is 4.